The van der Waals surface area contributed by atoms with Crippen molar-refractivity contribution in [2.24, 2.45) is 0 Å². The molecule has 25 heavy (non-hydrogen) atoms. The number of nitrogens with two attached hydrogens (primary N) is 1. The van der Waals surface area contributed by atoms with E-state index in [0.29, 0.717) is 28.2 Å². The molecule has 0 bridgehead atoms. The predicted molar refractivity (Wildman–Crippen MR) is 102 cm³/mol. The van der Waals surface area contributed by atoms with Crippen LogP contribution in [0.1, 0.15) is 16.7 Å². The first-order chi connectivity index (χ1) is 11.9. The van der Waals surface area contributed by atoms with E-state index in [4.69, 9.17) is 22.1 Å². The average molecular weight is 355 g/mol. The first-order valence-electron chi connectivity index (χ1n) is 7.83. The normalized spacial score (nSPS) is 10.6. The molecule has 0 atom stereocenters. The van der Waals surface area contributed by atoms with Crippen LogP contribution in [0.5, 0.6) is 11.6 Å². The molecule has 1 aromatic heterocycles. The van der Waals surface area contributed by atoms with E-state index in [1.54, 1.807) is 12.1 Å². The first-order valence-corrected chi connectivity index (χ1v) is 8.20. The molecule has 6 heteroatoms. The molecule has 3 rings (SSSR count). The van der Waals surface area contributed by atoms with Gasteiger partial charge in [-0.3, -0.25) is 0 Å². The van der Waals surface area contributed by atoms with E-state index >= 15 is 0 Å². The molecule has 3 aromatic rings. The molecular formula is C19H19ClN4O. The van der Waals surface area contributed by atoms with Gasteiger partial charge in [0.2, 0.25) is 5.88 Å². The van der Waals surface area contributed by atoms with Crippen LogP contribution in [0.2, 0.25) is 5.02 Å². The van der Waals surface area contributed by atoms with Crippen LogP contribution in [0.25, 0.3) is 0 Å². The van der Waals surface area contributed by atoms with Gasteiger partial charge < -0.3 is 15.8 Å². The number of benzene rings is 2. The van der Waals surface area contributed by atoms with Gasteiger partial charge in [0.1, 0.15) is 17.8 Å². The first kappa shape index (κ1) is 17.0. The number of anilines is 3. The molecule has 0 aliphatic rings. The zero-order valence-corrected chi connectivity index (χ0v) is 15.1. The number of halogens is 1. The van der Waals surface area contributed by atoms with Crippen LogP contribution < -0.4 is 15.8 Å². The molecule has 0 saturated heterocycles. The zero-order chi connectivity index (χ0) is 18.0. The number of nitrogens with zero attached hydrogens (tertiary/aromatic N) is 2. The molecule has 0 saturated carbocycles. The summed E-state index contributed by atoms with van der Waals surface area (Å²) in [5.41, 5.74) is 10.6. The Morgan fingerprint density at radius 1 is 1.00 bits per heavy atom. The minimum atomic E-state index is 0.296. The fraction of sp³-hybridized carbons (Fsp3) is 0.158. The van der Waals surface area contributed by atoms with Gasteiger partial charge in [-0.05, 0) is 61.7 Å². The second-order valence-corrected chi connectivity index (χ2v) is 6.30. The van der Waals surface area contributed by atoms with Crippen LogP contribution in [-0.2, 0) is 0 Å². The lowest BCUT2D eigenvalue weighted by Crippen LogP contribution is -2.04. The van der Waals surface area contributed by atoms with Crippen molar-refractivity contribution in [3.05, 3.63) is 64.4 Å². The Balaban J connectivity index is 1.89. The monoisotopic (exact) mass is 354 g/mol. The minimum Gasteiger partial charge on any atom is -0.437 e. The maximum absolute atomic E-state index is 6.20. The number of nitrogen functional groups attached to an aromatic ring is 1. The lowest BCUT2D eigenvalue weighted by molar-refractivity contribution is 0.464. The maximum Gasteiger partial charge on any atom is 0.248 e. The number of ether oxygens (including phenoxy) is 1. The summed E-state index contributed by atoms with van der Waals surface area (Å²) in [5, 5.41) is 3.93. The summed E-state index contributed by atoms with van der Waals surface area (Å²) in [6, 6.07) is 11.5. The highest BCUT2D eigenvalue weighted by Crippen LogP contribution is 2.32. The average Bonchev–Trinajstić information content (AvgIpc) is 2.58. The lowest BCUT2D eigenvalue weighted by atomic mass is 10.1. The van der Waals surface area contributed by atoms with Crippen molar-refractivity contribution in [3.8, 4) is 11.6 Å². The van der Waals surface area contributed by atoms with Gasteiger partial charge in [-0.2, -0.15) is 4.98 Å². The summed E-state index contributed by atoms with van der Waals surface area (Å²) >= 11 is 6.04. The Morgan fingerprint density at radius 2 is 1.80 bits per heavy atom. The smallest absolute Gasteiger partial charge is 0.248 e. The maximum atomic E-state index is 6.20. The zero-order valence-electron chi connectivity index (χ0n) is 14.3. The Morgan fingerprint density at radius 3 is 2.56 bits per heavy atom. The second kappa shape index (κ2) is 6.99. The van der Waals surface area contributed by atoms with Gasteiger partial charge in [0.25, 0.3) is 0 Å². The van der Waals surface area contributed by atoms with Crippen LogP contribution in [-0.4, -0.2) is 9.97 Å². The summed E-state index contributed by atoms with van der Waals surface area (Å²) < 4.78 is 5.80. The number of hydrogen-bond donors (Lipinski definition) is 2. The number of aryl methyl sites for hydroxylation is 3. The van der Waals surface area contributed by atoms with E-state index in [2.05, 4.69) is 21.4 Å². The van der Waals surface area contributed by atoms with Gasteiger partial charge in [0.05, 0.1) is 0 Å². The number of aromatic nitrogens is 2. The minimum absolute atomic E-state index is 0.296. The molecule has 1 heterocycles. The fourth-order valence-corrected chi connectivity index (χ4v) is 2.47. The Hall–Kier alpha value is -2.79. The molecule has 5 nitrogen and oxygen atoms in total. The molecule has 0 fully saturated rings. The number of hydrogen-bond acceptors (Lipinski definition) is 5. The van der Waals surface area contributed by atoms with Crippen LogP contribution in [0.15, 0.2) is 42.7 Å². The molecule has 0 unspecified atom stereocenters. The summed E-state index contributed by atoms with van der Waals surface area (Å²) in [7, 11) is 0. The number of nitrogens with one attached hydrogen (secondary N) is 1. The summed E-state index contributed by atoms with van der Waals surface area (Å²) in [4.78, 5) is 8.37. The summed E-state index contributed by atoms with van der Waals surface area (Å²) in [6.07, 6.45) is 1.42. The van der Waals surface area contributed by atoms with Crippen molar-refractivity contribution in [1.29, 1.82) is 0 Å². The third-order valence-corrected chi connectivity index (χ3v) is 4.26. The summed E-state index contributed by atoms with van der Waals surface area (Å²) in [5.74, 6) is 1.42. The van der Waals surface area contributed by atoms with Crippen LogP contribution in [0.4, 0.5) is 17.2 Å². The number of rotatable bonds is 4. The Bertz CT molecular complexity index is 927. The van der Waals surface area contributed by atoms with Gasteiger partial charge in [0.15, 0.2) is 5.82 Å². The van der Waals surface area contributed by atoms with Crippen molar-refractivity contribution in [2.45, 2.75) is 20.8 Å². The van der Waals surface area contributed by atoms with Gasteiger partial charge >= 0.3 is 0 Å². The molecule has 0 aliphatic carbocycles. The third-order valence-electron chi connectivity index (χ3n) is 3.84. The van der Waals surface area contributed by atoms with E-state index in [0.717, 1.165) is 22.4 Å². The third kappa shape index (κ3) is 3.83. The second-order valence-electron chi connectivity index (χ2n) is 5.90. The molecule has 128 valence electrons. The van der Waals surface area contributed by atoms with E-state index in [1.165, 1.54) is 6.33 Å². The fourth-order valence-electron chi connectivity index (χ4n) is 2.35. The van der Waals surface area contributed by atoms with Crippen LogP contribution >= 0.6 is 11.6 Å². The molecule has 0 aliphatic heterocycles. The lowest BCUT2D eigenvalue weighted by Gasteiger charge is -2.14. The van der Waals surface area contributed by atoms with Crippen molar-refractivity contribution in [3.63, 3.8) is 0 Å². The van der Waals surface area contributed by atoms with E-state index in [1.807, 2.05) is 39.0 Å². The molecule has 0 amide bonds. The Kier molecular flexibility index (Phi) is 4.76. The van der Waals surface area contributed by atoms with Crippen LogP contribution in [0, 0.1) is 20.8 Å². The van der Waals surface area contributed by atoms with E-state index < -0.39 is 0 Å². The van der Waals surface area contributed by atoms with Crippen molar-refractivity contribution < 1.29 is 4.74 Å². The largest absolute Gasteiger partial charge is 0.437 e. The summed E-state index contributed by atoms with van der Waals surface area (Å²) in [6.45, 7) is 5.96. The highest BCUT2D eigenvalue weighted by atomic mass is 35.5. The SMILES string of the molecule is Cc1ccc(C)c(Nc2ncnc(Oc3ccc(Cl)c(C)c3)c2N)c1. The highest BCUT2D eigenvalue weighted by molar-refractivity contribution is 6.31. The topological polar surface area (TPSA) is 73.1 Å². The van der Waals surface area contributed by atoms with Gasteiger partial charge in [-0.1, -0.05) is 23.7 Å². The quantitative estimate of drug-likeness (QED) is 0.675. The van der Waals surface area contributed by atoms with Gasteiger partial charge in [-0.25, -0.2) is 4.98 Å². The van der Waals surface area contributed by atoms with Crippen molar-refractivity contribution in [1.82, 2.24) is 9.97 Å². The molecule has 0 radical (unpaired) electrons. The van der Waals surface area contributed by atoms with Gasteiger partial charge in [-0.15, -0.1) is 0 Å². The highest BCUT2D eigenvalue weighted by Gasteiger charge is 2.12. The Labute approximate surface area is 151 Å². The van der Waals surface area contributed by atoms with Crippen molar-refractivity contribution in [2.75, 3.05) is 11.1 Å². The molecule has 0 spiro atoms. The van der Waals surface area contributed by atoms with E-state index in [9.17, 15) is 0 Å². The molecular weight excluding hydrogens is 336 g/mol. The van der Waals surface area contributed by atoms with E-state index in [-0.39, 0.29) is 0 Å². The molecule has 3 N–H and O–H groups in total. The molecule has 2 aromatic carbocycles. The van der Waals surface area contributed by atoms with Crippen molar-refractivity contribution >= 4 is 28.8 Å². The van der Waals surface area contributed by atoms with Gasteiger partial charge in [0, 0.05) is 10.7 Å². The van der Waals surface area contributed by atoms with Crippen LogP contribution in [0.3, 0.4) is 0 Å². The predicted octanol–water partition coefficient (Wildman–Crippen LogP) is 5.17. The standard InChI is InChI=1S/C19H19ClN4O/c1-11-4-5-12(2)16(8-11)24-18-17(21)19(23-10-22-18)25-14-6-7-15(20)13(3)9-14/h4-10H,21H2,1-3H3,(H,22,23,24).